The fraction of sp³-hybridized carbons (Fsp3) is 0.500. The van der Waals surface area contributed by atoms with Crippen molar-refractivity contribution in [2.45, 2.75) is 90.9 Å². The Hall–Kier alpha value is -2.73. The third kappa shape index (κ3) is 9.73. The fourth-order valence-corrected chi connectivity index (χ4v) is 4.89. The normalized spacial score (nSPS) is 10.9. The van der Waals surface area contributed by atoms with Crippen LogP contribution in [-0.4, -0.2) is 22.5 Å². The molecule has 3 rings (SSSR count). The number of benzene rings is 1. The van der Waals surface area contributed by atoms with Gasteiger partial charge in [-0.25, -0.2) is 14.8 Å². The molecule has 0 aliphatic carbocycles. The molecule has 0 spiro atoms. The molecule has 0 fully saturated rings. The number of aromatic nitrogens is 2. The SMILES string of the molecule is CCCCCCCCCOc1cnc(-c2ccc(OC(=O)c3ccc(CCCCCC)s3)cc2)nc1. The number of ether oxygens (including phenoxy) is 2. The minimum Gasteiger partial charge on any atom is -0.490 e. The lowest BCUT2D eigenvalue weighted by Gasteiger charge is -2.07. The molecule has 0 radical (unpaired) electrons. The molecule has 194 valence electrons. The van der Waals surface area contributed by atoms with Crippen LogP contribution in [-0.2, 0) is 6.42 Å². The van der Waals surface area contributed by atoms with Gasteiger partial charge in [0.2, 0.25) is 0 Å². The van der Waals surface area contributed by atoms with E-state index in [0.29, 0.717) is 28.8 Å². The molecule has 0 saturated carbocycles. The number of carbonyl (C=O) groups excluding carboxylic acids is 1. The molecule has 2 aromatic heterocycles. The molecule has 0 saturated heterocycles. The van der Waals surface area contributed by atoms with Crippen molar-refractivity contribution in [3.63, 3.8) is 0 Å². The second kappa shape index (κ2) is 16.1. The Morgan fingerprint density at radius 1 is 0.750 bits per heavy atom. The topological polar surface area (TPSA) is 61.3 Å². The first kappa shape index (κ1) is 27.9. The van der Waals surface area contributed by atoms with E-state index in [2.05, 4.69) is 23.8 Å². The van der Waals surface area contributed by atoms with Crippen molar-refractivity contribution >= 4 is 17.3 Å². The Balaban J connectivity index is 1.41. The molecule has 6 heteroatoms. The summed E-state index contributed by atoms with van der Waals surface area (Å²) in [4.78, 5) is 23.3. The zero-order valence-electron chi connectivity index (χ0n) is 21.8. The molecule has 0 aliphatic heterocycles. The monoisotopic (exact) mass is 508 g/mol. The van der Waals surface area contributed by atoms with Gasteiger partial charge in [-0.2, -0.15) is 0 Å². The lowest BCUT2D eigenvalue weighted by atomic mass is 10.1. The average molecular weight is 509 g/mol. The number of hydrogen-bond acceptors (Lipinski definition) is 6. The first-order valence-electron chi connectivity index (χ1n) is 13.6. The third-order valence-corrected chi connectivity index (χ3v) is 7.23. The summed E-state index contributed by atoms with van der Waals surface area (Å²) in [6, 6.07) is 11.2. The maximum absolute atomic E-state index is 12.5. The first-order chi connectivity index (χ1) is 17.7. The predicted molar refractivity (Wildman–Crippen MR) is 148 cm³/mol. The highest BCUT2D eigenvalue weighted by molar-refractivity contribution is 7.13. The molecule has 0 unspecified atom stereocenters. The van der Waals surface area contributed by atoms with Gasteiger partial charge in [-0.05, 0) is 55.7 Å². The Bertz CT molecular complexity index is 1020. The van der Waals surface area contributed by atoms with Gasteiger partial charge in [-0.15, -0.1) is 11.3 Å². The quantitative estimate of drug-likeness (QED) is 0.104. The highest BCUT2D eigenvalue weighted by Gasteiger charge is 2.12. The summed E-state index contributed by atoms with van der Waals surface area (Å²) in [5, 5.41) is 0. The number of nitrogens with zero attached hydrogens (tertiary/aromatic N) is 2. The average Bonchev–Trinajstić information content (AvgIpc) is 3.38. The van der Waals surface area contributed by atoms with E-state index < -0.39 is 0 Å². The minimum atomic E-state index is -0.314. The third-order valence-electron chi connectivity index (χ3n) is 6.11. The molecule has 0 N–H and O–H groups in total. The van der Waals surface area contributed by atoms with Gasteiger partial charge in [0.15, 0.2) is 11.6 Å². The molecular weight excluding hydrogens is 468 g/mol. The van der Waals surface area contributed by atoms with Crippen LogP contribution >= 0.6 is 11.3 Å². The van der Waals surface area contributed by atoms with Crippen molar-refractivity contribution in [3.05, 3.63) is 58.5 Å². The van der Waals surface area contributed by atoms with Gasteiger partial charge in [0.05, 0.1) is 19.0 Å². The molecule has 0 amide bonds. The van der Waals surface area contributed by atoms with Crippen LogP contribution in [0.5, 0.6) is 11.5 Å². The number of hydrogen-bond donors (Lipinski definition) is 0. The predicted octanol–water partition coefficient (Wildman–Crippen LogP) is 8.68. The largest absolute Gasteiger partial charge is 0.490 e. The molecule has 2 heterocycles. The van der Waals surface area contributed by atoms with Crippen LogP contribution in [0.4, 0.5) is 0 Å². The summed E-state index contributed by atoms with van der Waals surface area (Å²) in [6.07, 6.45) is 18.2. The summed E-state index contributed by atoms with van der Waals surface area (Å²) in [7, 11) is 0. The number of rotatable bonds is 17. The molecule has 36 heavy (non-hydrogen) atoms. The van der Waals surface area contributed by atoms with Crippen LogP contribution in [0.15, 0.2) is 48.8 Å². The second-order valence-electron chi connectivity index (χ2n) is 9.20. The summed E-state index contributed by atoms with van der Waals surface area (Å²) in [5.74, 6) is 1.50. The maximum Gasteiger partial charge on any atom is 0.353 e. The number of carbonyl (C=O) groups is 1. The number of unbranched alkanes of at least 4 members (excludes halogenated alkanes) is 9. The number of aryl methyl sites for hydroxylation is 1. The van der Waals surface area contributed by atoms with E-state index in [0.717, 1.165) is 18.4 Å². The van der Waals surface area contributed by atoms with Crippen LogP contribution < -0.4 is 9.47 Å². The fourth-order valence-electron chi connectivity index (χ4n) is 3.97. The first-order valence-corrected chi connectivity index (χ1v) is 14.4. The van der Waals surface area contributed by atoms with E-state index in [1.807, 2.05) is 24.3 Å². The minimum absolute atomic E-state index is 0.314. The van der Waals surface area contributed by atoms with Crippen LogP contribution in [0.3, 0.4) is 0 Å². The highest BCUT2D eigenvalue weighted by atomic mass is 32.1. The number of esters is 1. The van der Waals surface area contributed by atoms with Crippen molar-refractivity contribution in [2.75, 3.05) is 6.61 Å². The molecule has 0 aliphatic rings. The van der Waals surface area contributed by atoms with Gasteiger partial charge in [-0.1, -0.05) is 71.6 Å². The van der Waals surface area contributed by atoms with Gasteiger partial charge >= 0.3 is 5.97 Å². The summed E-state index contributed by atoms with van der Waals surface area (Å²) in [5.41, 5.74) is 0.860. The molecule has 0 atom stereocenters. The summed E-state index contributed by atoms with van der Waals surface area (Å²) < 4.78 is 11.4. The van der Waals surface area contributed by atoms with Gasteiger partial charge < -0.3 is 9.47 Å². The summed E-state index contributed by atoms with van der Waals surface area (Å²) in [6.45, 7) is 5.15. The van der Waals surface area contributed by atoms with E-state index in [1.165, 1.54) is 80.4 Å². The number of thiophene rings is 1. The molecule has 5 nitrogen and oxygen atoms in total. The van der Waals surface area contributed by atoms with Crippen molar-refractivity contribution < 1.29 is 14.3 Å². The molecular formula is C30H40N2O3S. The van der Waals surface area contributed by atoms with Gasteiger partial charge in [0.25, 0.3) is 0 Å². The van der Waals surface area contributed by atoms with E-state index in [1.54, 1.807) is 24.5 Å². The van der Waals surface area contributed by atoms with Crippen LogP contribution in [0.1, 0.15) is 99.0 Å². The zero-order chi connectivity index (χ0) is 25.4. The van der Waals surface area contributed by atoms with Crippen LogP contribution in [0.2, 0.25) is 0 Å². The van der Waals surface area contributed by atoms with Crippen LogP contribution in [0.25, 0.3) is 11.4 Å². The van der Waals surface area contributed by atoms with E-state index in [-0.39, 0.29) is 5.97 Å². The van der Waals surface area contributed by atoms with Crippen molar-refractivity contribution in [1.29, 1.82) is 0 Å². The van der Waals surface area contributed by atoms with Crippen molar-refractivity contribution in [1.82, 2.24) is 9.97 Å². The van der Waals surface area contributed by atoms with Gasteiger partial charge in [0.1, 0.15) is 10.6 Å². The second-order valence-corrected chi connectivity index (χ2v) is 10.4. The Morgan fingerprint density at radius 3 is 2.08 bits per heavy atom. The Morgan fingerprint density at radius 2 is 1.39 bits per heavy atom. The van der Waals surface area contributed by atoms with Gasteiger partial charge in [-0.3, -0.25) is 0 Å². The van der Waals surface area contributed by atoms with E-state index >= 15 is 0 Å². The maximum atomic E-state index is 12.5. The van der Waals surface area contributed by atoms with Crippen LogP contribution in [0, 0.1) is 0 Å². The lowest BCUT2D eigenvalue weighted by Crippen LogP contribution is -2.06. The van der Waals surface area contributed by atoms with E-state index in [9.17, 15) is 4.79 Å². The molecule has 0 bridgehead atoms. The van der Waals surface area contributed by atoms with E-state index in [4.69, 9.17) is 9.47 Å². The lowest BCUT2D eigenvalue weighted by molar-refractivity contribution is 0.0740. The van der Waals surface area contributed by atoms with Gasteiger partial charge in [0, 0.05) is 10.4 Å². The zero-order valence-corrected chi connectivity index (χ0v) is 22.7. The van der Waals surface area contributed by atoms with Crippen molar-refractivity contribution in [2.24, 2.45) is 0 Å². The standard InChI is InChI=1S/C30H40N2O3S/c1-3-5-7-9-10-11-13-21-34-26-22-31-29(32-23-26)24-15-17-25(18-16-24)35-30(33)28-20-19-27(36-28)14-12-8-6-4-2/h15-20,22-23H,3-14,21H2,1-2H3. The molecule has 3 aromatic rings. The smallest absolute Gasteiger partial charge is 0.353 e. The van der Waals surface area contributed by atoms with Crippen molar-refractivity contribution in [3.8, 4) is 22.9 Å². The summed E-state index contributed by atoms with van der Waals surface area (Å²) >= 11 is 1.53. The Kier molecular flexibility index (Phi) is 12.5. The molecule has 1 aromatic carbocycles. The Labute approximate surface area is 220 Å². The highest BCUT2D eigenvalue weighted by Crippen LogP contribution is 2.24.